The molecule has 0 unspecified atom stereocenters. The summed E-state index contributed by atoms with van der Waals surface area (Å²) in [4.78, 5) is 16.6. The number of ether oxygens (including phenoxy) is 2. The fraction of sp³-hybridized carbons (Fsp3) is 0.263. The van der Waals surface area contributed by atoms with Gasteiger partial charge in [-0.1, -0.05) is 35.5 Å². The number of nitrogens with one attached hydrogen (secondary N) is 1. The second-order valence-electron chi connectivity index (χ2n) is 5.38. The SMILES string of the molecule is COc1cc(/C=N/OCC(=O)NCCc2ccccc2)ccc1OC(F)F. The van der Waals surface area contributed by atoms with Gasteiger partial charge in [0.05, 0.1) is 13.3 Å². The topological polar surface area (TPSA) is 69.2 Å². The van der Waals surface area contributed by atoms with Crippen molar-refractivity contribution in [2.24, 2.45) is 5.16 Å². The van der Waals surface area contributed by atoms with Crippen LogP contribution in [0.15, 0.2) is 53.7 Å². The zero-order valence-electron chi connectivity index (χ0n) is 14.7. The van der Waals surface area contributed by atoms with E-state index < -0.39 is 6.61 Å². The predicted molar refractivity (Wildman–Crippen MR) is 96.3 cm³/mol. The van der Waals surface area contributed by atoms with Crippen LogP contribution in [-0.4, -0.2) is 39.0 Å². The van der Waals surface area contributed by atoms with Gasteiger partial charge in [-0.25, -0.2) is 0 Å². The molecule has 0 spiro atoms. The van der Waals surface area contributed by atoms with Crippen molar-refractivity contribution in [3.8, 4) is 11.5 Å². The molecule has 2 aromatic rings. The van der Waals surface area contributed by atoms with E-state index in [0.29, 0.717) is 12.1 Å². The second kappa shape index (κ2) is 10.7. The molecule has 6 nitrogen and oxygen atoms in total. The maximum atomic E-state index is 12.3. The number of rotatable bonds is 10. The molecule has 0 aliphatic rings. The van der Waals surface area contributed by atoms with E-state index in [0.717, 1.165) is 12.0 Å². The quantitative estimate of drug-likeness (QED) is 0.510. The lowest BCUT2D eigenvalue weighted by atomic mass is 10.1. The first-order chi connectivity index (χ1) is 13.1. The lowest BCUT2D eigenvalue weighted by Gasteiger charge is -2.09. The number of oxime groups is 1. The maximum Gasteiger partial charge on any atom is 0.387 e. The Hall–Kier alpha value is -3.16. The number of hydrogen-bond donors (Lipinski definition) is 1. The molecule has 1 amide bonds. The Bertz CT molecular complexity index is 755. The summed E-state index contributed by atoms with van der Waals surface area (Å²) >= 11 is 0. The van der Waals surface area contributed by atoms with Gasteiger partial charge in [0, 0.05) is 12.1 Å². The van der Waals surface area contributed by atoms with Gasteiger partial charge in [-0.05, 0) is 30.2 Å². The van der Waals surface area contributed by atoms with E-state index in [-0.39, 0.29) is 24.0 Å². The Morgan fingerprint density at radius 2 is 1.96 bits per heavy atom. The van der Waals surface area contributed by atoms with Crippen LogP contribution in [0, 0.1) is 0 Å². The molecule has 0 saturated carbocycles. The third kappa shape index (κ3) is 7.31. The fourth-order valence-corrected chi connectivity index (χ4v) is 2.19. The van der Waals surface area contributed by atoms with Gasteiger partial charge in [-0.3, -0.25) is 4.79 Å². The van der Waals surface area contributed by atoms with Crippen molar-refractivity contribution in [3.05, 3.63) is 59.7 Å². The van der Waals surface area contributed by atoms with Crippen molar-refractivity contribution >= 4 is 12.1 Å². The molecule has 0 aromatic heterocycles. The summed E-state index contributed by atoms with van der Waals surface area (Å²) < 4.78 is 33.9. The molecule has 2 aromatic carbocycles. The number of carbonyl (C=O) groups is 1. The van der Waals surface area contributed by atoms with Crippen LogP contribution in [0.3, 0.4) is 0 Å². The molecular formula is C19H20F2N2O4. The van der Waals surface area contributed by atoms with Crippen molar-refractivity contribution < 1.29 is 27.9 Å². The highest BCUT2D eigenvalue weighted by atomic mass is 19.3. The van der Waals surface area contributed by atoms with E-state index >= 15 is 0 Å². The average molecular weight is 378 g/mol. The van der Waals surface area contributed by atoms with Crippen LogP contribution in [0.25, 0.3) is 0 Å². The zero-order chi connectivity index (χ0) is 19.5. The Kier molecular flexibility index (Phi) is 8.02. The largest absolute Gasteiger partial charge is 0.493 e. The van der Waals surface area contributed by atoms with Crippen molar-refractivity contribution in [2.75, 3.05) is 20.3 Å². The van der Waals surface area contributed by atoms with E-state index in [1.54, 1.807) is 0 Å². The van der Waals surface area contributed by atoms with Crippen LogP contribution in [-0.2, 0) is 16.1 Å². The smallest absolute Gasteiger partial charge is 0.387 e. The van der Waals surface area contributed by atoms with E-state index in [9.17, 15) is 13.6 Å². The number of carbonyl (C=O) groups excluding carboxylic acids is 1. The minimum Gasteiger partial charge on any atom is -0.493 e. The van der Waals surface area contributed by atoms with Crippen LogP contribution in [0.1, 0.15) is 11.1 Å². The highest BCUT2D eigenvalue weighted by molar-refractivity contribution is 5.81. The molecule has 0 saturated heterocycles. The van der Waals surface area contributed by atoms with E-state index in [4.69, 9.17) is 9.57 Å². The van der Waals surface area contributed by atoms with Crippen LogP contribution in [0.2, 0.25) is 0 Å². The first-order valence-electron chi connectivity index (χ1n) is 8.17. The average Bonchev–Trinajstić information content (AvgIpc) is 2.66. The van der Waals surface area contributed by atoms with Gasteiger partial charge in [-0.2, -0.15) is 8.78 Å². The van der Waals surface area contributed by atoms with E-state index in [1.807, 2.05) is 30.3 Å². The molecule has 0 aliphatic carbocycles. The third-order valence-electron chi connectivity index (χ3n) is 3.45. The lowest BCUT2D eigenvalue weighted by Crippen LogP contribution is -2.28. The molecule has 8 heteroatoms. The number of alkyl halides is 2. The highest BCUT2D eigenvalue weighted by Crippen LogP contribution is 2.28. The van der Waals surface area contributed by atoms with Crippen molar-refractivity contribution in [3.63, 3.8) is 0 Å². The summed E-state index contributed by atoms with van der Waals surface area (Å²) in [5.74, 6) is -0.234. The molecule has 1 N–H and O–H groups in total. The first kappa shape index (κ1) is 20.2. The number of methoxy groups -OCH3 is 1. The van der Waals surface area contributed by atoms with Crippen LogP contribution >= 0.6 is 0 Å². The van der Waals surface area contributed by atoms with Gasteiger partial charge in [-0.15, -0.1) is 0 Å². The lowest BCUT2D eigenvalue weighted by molar-refractivity contribution is -0.125. The van der Waals surface area contributed by atoms with Crippen LogP contribution in [0.4, 0.5) is 8.78 Å². The summed E-state index contributed by atoms with van der Waals surface area (Å²) in [7, 11) is 1.34. The van der Waals surface area contributed by atoms with Crippen molar-refractivity contribution in [1.82, 2.24) is 5.32 Å². The Labute approximate surface area is 155 Å². The standard InChI is InChI=1S/C19H20F2N2O4/c1-25-17-11-15(7-8-16(17)27-19(20)21)12-23-26-13-18(24)22-10-9-14-5-3-2-4-6-14/h2-8,11-12,19H,9-10,13H2,1H3,(H,22,24)/b23-12+. The molecule has 0 atom stereocenters. The van der Waals surface area contributed by atoms with Gasteiger partial charge in [0.2, 0.25) is 0 Å². The number of nitrogens with zero attached hydrogens (tertiary/aromatic N) is 1. The highest BCUT2D eigenvalue weighted by Gasteiger charge is 2.10. The zero-order valence-corrected chi connectivity index (χ0v) is 14.7. The minimum atomic E-state index is -2.94. The van der Waals surface area contributed by atoms with Crippen LogP contribution in [0.5, 0.6) is 11.5 Å². The van der Waals surface area contributed by atoms with Gasteiger partial charge >= 0.3 is 6.61 Å². The molecule has 144 valence electrons. The molecule has 0 fully saturated rings. The first-order valence-corrected chi connectivity index (χ1v) is 8.17. The van der Waals surface area contributed by atoms with Gasteiger partial charge in [0.25, 0.3) is 5.91 Å². The van der Waals surface area contributed by atoms with Crippen molar-refractivity contribution in [1.29, 1.82) is 0 Å². The summed E-state index contributed by atoms with van der Waals surface area (Å²) in [6.45, 7) is -2.67. The van der Waals surface area contributed by atoms with E-state index in [1.165, 1.54) is 31.5 Å². The summed E-state index contributed by atoms with van der Waals surface area (Å²) in [5.41, 5.74) is 1.67. The Balaban J connectivity index is 1.74. The van der Waals surface area contributed by atoms with Gasteiger partial charge < -0.3 is 19.6 Å². The monoisotopic (exact) mass is 378 g/mol. The fourth-order valence-electron chi connectivity index (χ4n) is 2.19. The van der Waals surface area contributed by atoms with Crippen LogP contribution < -0.4 is 14.8 Å². The third-order valence-corrected chi connectivity index (χ3v) is 3.45. The molecule has 0 heterocycles. The number of halogens is 2. The minimum absolute atomic E-state index is 0.0802. The van der Waals surface area contributed by atoms with Gasteiger partial charge in [0.1, 0.15) is 0 Å². The normalized spacial score (nSPS) is 10.8. The Morgan fingerprint density at radius 1 is 1.19 bits per heavy atom. The summed E-state index contributed by atoms with van der Waals surface area (Å²) in [6.07, 6.45) is 2.06. The molecule has 0 aliphatic heterocycles. The number of benzene rings is 2. The number of hydrogen-bond acceptors (Lipinski definition) is 5. The summed E-state index contributed by atoms with van der Waals surface area (Å²) in [5, 5.41) is 6.41. The molecular weight excluding hydrogens is 358 g/mol. The molecule has 0 bridgehead atoms. The van der Waals surface area contributed by atoms with Gasteiger partial charge in [0.15, 0.2) is 18.1 Å². The maximum absolute atomic E-state index is 12.3. The molecule has 2 rings (SSSR count). The van der Waals surface area contributed by atoms with Crippen molar-refractivity contribution in [2.45, 2.75) is 13.0 Å². The predicted octanol–water partition coefficient (Wildman–Crippen LogP) is 3.01. The molecule has 27 heavy (non-hydrogen) atoms. The number of amides is 1. The molecule has 0 radical (unpaired) electrons. The summed E-state index contributed by atoms with van der Waals surface area (Å²) in [6, 6.07) is 14.1. The Morgan fingerprint density at radius 3 is 2.67 bits per heavy atom. The van der Waals surface area contributed by atoms with E-state index in [2.05, 4.69) is 15.2 Å². The second-order valence-corrected chi connectivity index (χ2v) is 5.38.